The largest absolute Gasteiger partial charge is 0.455 e. The molecule has 0 aliphatic rings. The van der Waals surface area contributed by atoms with E-state index in [-0.39, 0.29) is 5.91 Å². The van der Waals surface area contributed by atoms with Crippen LogP contribution in [0.5, 0.6) is 11.5 Å². The lowest BCUT2D eigenvalue weighted by Gasteiger charge is -2.17. The van der Waals surface area contributed by atoms with Crippen LogP contribution in [0.3, 0.4) is 0 Å². The molecule has 0 saturated heterocycles. The molecule has 1 N–H and O–H groups in total. The summed E-state index contributed by atoms with van der Waals surface area (Å²) in [7, 11) is 0. The summed E-state index contributed by atoms with van der Waals surface area (Å²) in [6, 6.07) is 18.4. The number of hydrogen-bond acceptors (Lipinski definition) is 3. The van der Waals surface area contributed by atoms with Crippen LogP contribution in [0.25, 0.3) is 0 Å². The Labute approximate surface area is 124 Å². The Kier molecular flexibility index (Phi) is 4.24. The molecule has 0 atom stereocenters. The molecule has 2 aromatic carbocycles. The number of benzene rings is 2. The zero-order valence-electron chi connectivity index (χ0n) is 12.0. The Morgan fingerprint density at radius 3 is 2.38 bits per heavy atom. The Hall–Kier alpha value is -2.80. The van der Waals surface area contributed by atoms with Gasteiger partial charge in [-0.15, -0.1) is 0 Å². The third-order valence-corrected chi connectivity index (χ3v) is 2.95. The SMILES string of the molecule is CC(C)(C#N)C(=O)Nc1ccccc1Oc1ccccc1. The summed E-state index contributed by atoms with van der Waals surface area (Å²) < 4.78 is 5.76. The first-order chi connectivity index (χ1) is 10.0. The van der Waals surface area contributed by atoms with E-state index in [2.05, 4.69) is 5.32 Å². The second-order valence-corrected chi connectivity index (χ2v) is 5.10. The standard InChI is InChI=1S/C17H16N2O2/c1-17(2,12-18)16(20)19-14-10-6-7-11-15(14)21-13-8-4-3-5-9-13/h3-11H,1-2H3,(H,19,20). The number of amides is 1. The number of nitriles is 1. The van der Waals surface area contributed by atoms with Gasteiger partial charge >= 0.3 is 0 Å². The molecular formula is C17H16N2O2. The summed E-state index contributed by atoms with van der Waals surface area (Å²) in [4.78, 5) is 12.1. The Morgan fingerprint density at radius 2 is 1.71 bits per heavy atom. The van der Waals surface area contributed by atoms with Crippen LogP contribution in [0.2, 0.25) is 0 Å². The molecule has 4 nitrogen and oxygen atoms in total. The van der Waals surface area contributed by atoms with E-state index in [1.807, 2.05) is 42.5 Å². The summed E-state index contributed by atoms with van der Waals surface area (Å²) in [6.07, 6.45) is 0. The lowest BCUT2D eigenvalue weighted by molar-refractivity contribution is -0.121. The monoisotopic (exact) mass is 280 g/mol. The summed E-state index contributed by atoms with van der Waals surface area (Å²) in [6.45, 7) is 3.14. The zero-order valence-corrected chi connectivity index (χ0v) is 12.0. The molecule has 0 aromatic heterocycles. The van der Waals surface area contributed by atoms with Gasteiger partial charge in [-0.05, 0) is 38.1 Å². The average molecular weight is 280 g/mol. The van der Waals surface area contributed by atoms with Gasteiger partial charge in [0.2, 0.25) is 5.91 Å². The fourth-order valence-corrected chi connectivity index (χ4v) is 1.60. The van der Waals surface area contributed by atoms with Gasteiger partial charge in [0.05, 0.1) is 11.8 Å². The maximum Gasteiger partial charge on any atom is 0.244 e. The maximum absolute atomic E-state index is 12.1. The summed E-state index contributed by atoms with van der Waals surface area (Å²) in [5, 5.41) is 11.7. The highest BCUT2D eigenvalue weighted by Gasteiger charge is 2.27. The third kappa shape index (κ3) is 3.61. The van der Waals surface area contributed by atoms with E-state index in [1.165, 1.54) is 0 Å². The van der Waals surface area contributed by atoms with Crippen molar-refractivity contribution in [1.82, 2.24) is 0 Å². The fourth-order valence-electron chi connectivity index (χ4n) is 1.60. The van der Waals surface area contributed by atoms with Gasteiger partial charge in [-0.25, -0.2) is 0 Å². The van der Waals surface area contributed by atoms with Crippen molar-refractivity contribution >= 4 is 11.6 Å². The number of nitrogens with zero attached hydrogens (tertiary/aromatic N) is 1. The van der Waals surface area contributed by atoms with Crippen molar-refractivity contribution in [2.45, 2.75) is 13.8 Å². The minimum Gasteiger partial charge on any atom is -0.455 e. The van der Waals surface area contributed by atoms with Crippen molar-refractivity contribution in [3.05, 3.63) is 54.6 Å². The quantitative estimate of drug-likeness (QED) is 0.921. The van der Waals surface area contributed by atoms with Crippen LogP contribution >= 0.6 is 0 Å². The number of carbonyl (C=O) groups excluding carboxylic acids is 1. The highest BCUT2D eigenvalue weighted by atomic mass is 16.5. The van der Waals surface area contributed by atoms with Crippen LogP contribution in [0.1, 0.15) is 13.8 Å². The van der Waals surface area contributed by atoms with Crippen LogP contribution in [0, 0.1) is 16.7 Å². The second-order valence-electron chi connectivity index (χ2n) is 5.10. The Morgan fingerprint density at radius 1 is 1.10 bits per heavy atom. The van der Waals surface area contributed by atoms with E-state index in [0.717, 1.165) is 0 Å². The molecule has 4 heteroatoms. The maximum atomic E-state index is 12.1. The zero-order chi connectivity index (χ0) is 15.3. The highest BCUT2D eigenvalue weighted by Crippen LogP contribution is 2.30. The van der Waals surface area contributed by atoms with Crippen molar-refractivity contribution in [2.75, 3.05) is 5.32 Å². The van der Waals surface area contributed by atoms with Gasteiger partial charge < -0.3 is 10.1 Å². The van der Waals surface area contributed by atoms with Crippen LogP contribution in [0.4, 0.5) is 5.69 Å². The van der Waals surface area contributed by atoms with E-state index >= 15 is 0 Å². The molecule has 0 bridgehead atoms. The predicted molar refractivity (Wildman–Crippen MR) is 81.0 cm³/mol. The van der Waals surface area contributed by atoms with Gasteiger partial charge in [-0.1, -0.05) is 30.3 Å². The first kappa shape index (κ1) is 14.6. The number of para-hydroxylation sites is 3. The normalized spacial score (nSPS) is 10.5. The summed E-state index contributed by atoms with van der Waals surface area (Å²) >= 11 is 0. The average Bonchev–Trinajstić information content (AvgIpc) is 2.50. The van der Waals surface area contributed by atoms with E-state index < -0.39 is 5.41 Å². The number of nitrogens with one attached hydrogen (secondary N) is 1. The summed E-state index contributed by atoms with van der Waals surface area (Å²) in [5.41, 5.74) is -0.561. The lowest BCUT2D eigenvalue weighted by atomic mass is 9.94. The number of carbonyl (C=O) groups is 1. The van der Waals surface area contributed by atoms with Crippen molar-refractivity contribution < 1.29 is 9.53 Å². The fraction of sp³-hybridized carbons (Fsp3) is 0.176. The van der Waals surface area contributed by atoms with E-state index in [4.69, 9.17) is 10.00 Å². The van der Waals surface area contributed by atoms with E-state index in [9.17, 15) is 4.79 Å². The molecule has 0 radical (unpaired) electrons. The van der Waals surface area contributed by atoms with Gasteiger partial charge in [0.25, 0.3) is 0 Å². The number of ether oxygens (including phenoxy) is 1. The highest BCUT2D eigenvalue weighted by molar-refractivity contribution is 5.97. The Balaban J connectivity index is 2.22. The minimum absolute atomic E-state index is 0.367. The van der Waals surface area contributed by atoms with Crippen LogP contribution in [-0.4, -0.2) is 5.91 Å². The van der Waals surface area contributed by atoms with Crippen molar-refractivity contribution in [3.63, 3.8) is 0 Å². The molecule has 0 fully saturated rings. The molecule has 0 heterocycles. The van der Waals surface area contributed by atoms with Gasteiger partial charge in [0, 0.05) is 0 Å². The molecule has 0 saturated carbocycles. The van der Waals surface area contributed by atoms with Crippen LogP contribution in [-0.2, 0) is 4.79 Å². The predicted octanol–water partition coefficient (Wildman–Crippen LogP) is 3.97. The first-order valence-electron chi connectivity index (χ1n) is 6.57. The van der Waals surface area contributed by atoms with Crippen molar-refractivity contribution in [3.8, 4) is 17.6 Å². The number of rotatable bonds is 4. The molecule has 0 unspecified atom stereocenters. The topological polar surface area (TPSA) is 62.1 Å². The lowest BCUT2D eigenvalue weighted by Crippen LogP contribution is -2.29. The smallest absolute Gasteiger partial charge is 0.244 e. The van der Waals surface area contributed by atoms with Gasteiger partial charge in [-0.3, -0.25) is 4.79 Å². The molecule has 0 aliphatic heterocycles. The molecule has 0 spiro atoms. The van der Waals surface area contributed by atoms with E-state index in [0.29, 0.717) is 17.2 Å². The summed E-state index contributed by atoms with van der Waals surface area (Å²) in [5.74, 6) is 0.846. The van der Waals surface area contributed by atoms with Crippen LogP contribution < -0.4 is 10.1 Å². The first-order valence-corrected chi connectivity index (χ1v) is 6.57. The Bertz CT molecular complexity index is 673. The molecule has 1 amide bonds. The van der Waals surface area contributed by atoms with Gasteiger partial charge in [-0.2, -0.15) is 5.26 Å². The van der Waals surface area contributed by atoms with Crippen LogP contribution in [0.15, 0.2) is 54.6 Å². The van der Waals surface area contributed by atoms with Crippen molar-refractivity contribution in [2.24, 2.45) is 5.41 Å². The van der Waals surface area contributed by atoms with Gasteiger partial charge in [0.15, 0.2) is 5.75 Å². The molecule has 0 aliphatic carbocycles. The van der Waals surface area contributed by atoms with E-state index in [1.54, 1.807) is 32.0 Å². The number of hydrogen-bond donors (Lipinski definition) is 1. The molecular weight excluding hydrogens is 264 g/mol. The molecule has 2 aromatic rings. The number of anilines is 1. The minimum atomic E-state index is -1.10. The molecule has 2 rings (SSSR count). The third-order valence-electron chi connectivity index (χ3n) is 2.95. The van der Waals surface area contributed by atoms with Gasteiger partial charge in [0.1, 0.15) is 11.2 Å². The second kappa shape index (κ2) is 6.10. The molecule has 106 valence electrons. The van der Waals surface area contributed by atoms with Crippen molar-refractivity contribution in [1.29, 1.82) is 5.26 Å². The molecule has 21 heavy (non-hydrogen) atoms.